The zero-order valence-electron chi connectivity index (χ0n) is 17.5. The molecule has 9 nitrogen and oxygen atoms in total. The summed E-state index contributed by atoms with van der Waals surface area (Å²) < 4.78 is 5.45. The third-order valence-electron chi connectivity index (χ3n) is 4.48. The average Bonchev–Trinajstić information content (AvgIpc) is 2.78. The van der Waals surface area contributed by atoms with E-state index in [4.69, 9.17) is 21.6 Å². The molecule has 2 aromatic heterocycles. The monoisotopic (exact) mass is 452 g/mol. The molecular weight excluding hydrogens is 432 g/mol. The van der Waals surface area contributed by atoms with Gasteiger partial charge in [0.1, 0.15) is 5.82 Å². The Morgan fingerprint density at radius 2 is 2.09 bits per heavy atom. The van der Waals surface area contributed by atoms with E-state index in [1.54, 1.807) is 30.6 Å². The molecule has 1 aromatic carbocycles. The lowest BCUT2D eigenvalue weighted by Gasteiger charge is -2.22. The maximum absolute atomic E-state index is 11.4. The molecule has 0 fully saturated rings. The molecule has 0 saturated carbocycles. The smallest absolute Gasteiger partial charge is 0.337 e. The van der Waals surface area contributed by atoms with Crippen molar-refractivity contribution in [2.45, 2.75) is 6.92 Å². The number of carbonyl (C=O) groups is 1. The van der Waals surface area contributed by atoms with E-state index in [0.29, 0.717) is 58.9 Å². The van der Waals surface area contributed by atoms with E-state index in [1.807, 2.05) is 18.9 Å². The number of hydrogen-bond acceptors (Lipinski definition) is 8. The predicted molar refractivity (Wildman–Crippen MR) is 121 cm³/mol. The summed E-state index contributed by atoms with van der Waals surface area (Å²) in [4.78, 5) is 26.3. The Bertz CT molecular complexity index is 1160. The average molecular weight is 453 g/mol. The zero-order valence-corrected chi connectivity index (χ0v) is 18.3. The van der Waals surface area contributed by atoms with Crippen LogP contribution in [0.2, 0.25) is 5.02 Å². The van der Waals surface area contributed by atoms with Crippen LogP contribution in [0, 0.1) is 11.3 Å². The van der Waals surface area contributed by atoms with Gasteiger partial charge in [-0.2, -0.15) is 10.2 Å². The molecule has 0 unspecified atom stereocenters. The molecule has 2 N–H and O–H groups in total. The molecule has 0 aliphatic carbocycles. The molecule has 0 atom stereocenters. The Balaban J connectivity index is 2.00. The molecule has 32 heavy (non-hydrogen) atoms. The SMILES string of the molecule is CCOCCN(C)c1nc(Nc2cc(Cl)cc(C#N)c2)ncc1-c1cncc(C(=O)O)c1. The van der Waals surface area contributed by atoms with Crippen molar-refractivity contribution in [3.05, 3.63) is 59.0 Å². The van der Waals surface area contributed by atoms with Gasteiger partial charge >= 0.3 is 5.97 Å². The van der Waals surface area contributed by atoms with E-state index in [0.717, 1.165) is 0 Å². The number of hydrogen-bond donors (Lipinski definition) is 2. The van der Waals surface area contributed by atoms with Crippen LogP contribution in [0.4, 0.5) is 17.5 Å². The van der Waals surface area contributed by atoms with E-state index in [1.165, 1.54) is 12.3 Å². The summed E-state index contributed by atoms with van der Waals surface area (Å²) in [7, 11) is 1.86. The molecule has 3 rings (SSSR count). The van der Waals surface area contributed by atoms with Crippen molar-refractivity contribution in [3.63, 3.8) is 0 Å². The van der Waals surface area contributed by atoms with Gasteiger partial charge in [0.25, 0.3) is 0 Å². The first-order chi connectivity index (χ1) is 15.4. The highest BCUT2D eigenvalue weighted by Gasteiger charge is 2.16. The van der Waals surface area contributed by atoms with E-state index in [9.17, 15) is 9.90 Å². The normalized spacial score (nSPS) is 10.4. The second-order valence-corrected chi connectivity index (χ2v) is 7.22. The maximum Gasteiger partial charge on any atom is 0.337 e. The first-order valence-corrected chi connectivity index (χ1v) is 10.1. The lowest BCUT2D eigenvalue weighted by atomic mass is 10.1. The van der Waals surface area contributed by atoms with Crippen LogP contribution in [0.1, 0.15) is 22.8 Å². The molecule has 2 heterocycles. The summed E-state index contributed by atoms with van der Waals surface area (Å²) in [6, 6.07) is 8.45. The van der Waals surface area contributed by atoms with Gasteiger partial charge in [-0.05, 0) is 31.2 Å². The fourth-order valence-electron chi connectivity index (χ4n) is 2.94. The number of halogens is 1. The number of nitriles is 1. The van der Waals surface area contributed by atoms with Crippen molar-refractivity contribution in [3.8, 4) is 17.2 Å². The van der Waals surface area contributed by atoms with Crippen molar-refractivity contribution in [2.24, 2.45) is 0 Å². The summed E-state index contributed by atoms with van der Waals surface area (Å²) in [6.07, 6.45) is 4.45. The molecule has 0 amide bonds. The van der Waals surface area contributed by atoms with Gasteiger partial charge in [0, 0.05) is 60.6 Å². The first-order valence-electron chi connectivity index (χ1n) is 9.73. The van der Waals surface area contributed by atoms with Crippen molar-refractivity contribution in [2.75, 3.05) is 37.0 Å². The van der Waals surface area contributed by atoms with Gasteiger partial charge in [-0.15, -0.1) is 0 Å². The minimum absolute atomic E-state index is 0.0654. The van der Waals surface area contributed by atoms with Gasteiger partial charge in [0.15, 0.2) is 0 Å². The third kappa shape index (κ3) is 5.69. The molecule has 0 bridgehead atoms. The van der Waals surface area contributed by atoms with Crippen molar-refractivity contribution < 1.29 is 14.6 Å². The first kappa shape index (κ1) is 22.9. The van der Waals surface area contributed by atoms with Crippen molar-refractivity contribution in [1.29, 1.82) is 5.26 Å². The van der Waals surface area contributed by atoms with Crippen molar-refractivity contribution >= 4 is 35.0 Å². The van der Waals surface area contributed by atoms with E-state index in [-0.39, 0.29) is 5.56 Å². The quantitative estimate of drug-likeness (QED) is 0.463. The third-order valence-corrected chi connectivity index (χ3v) is 4.70. The molecule has 0 aliphatic heterocycles. The number of carboxylic acids is 1. The predicted octanol–water partition coefficient (Wildman–Crippen LogP) is 3.98. The highest BCUT2D eigenvalue weighted by atomic mass is 35.5. The van der Waals surface area contributed by atoms with Gasteiger partial charge in [-0.3, -0.25) is 4.98 Å². The Hall–Kier alpha value is -3.74. The number of aromatic nitrogens is 3. The fraction of sp³-hybridized carbons (Fsp3) is 0.227. The van der Waals surface area contributed by atoms with Crippen LogP contribution in [0.3, 0.4) is 0 Å². The number of ether oxygens (including phenoxy) is 1. The highest BCUT2D eigenvalue weighted by Crippen LogP contribution is 2.30. The standard InChI is InChI=1S/C22H21ClN6O3/c1-3-32-5-4-29(2)20-19(15-8-16(21(30)31)12-25-11-15)13-26-22(28-20)27-18-7-14(10-24)6-17(23)9-18/h6-9,11-13H,3-5H2,1-2H3,(H,30,31)(H,26,27,28). The van der Waals surface area contributed by atoms with Gasteiger partial charge in [-0.1, -0.05) is 11.6 Å². The summed E-state index contributed by atoms with van der Waals surface area (Å²) in [5, 5.41) is 21.9. The Labute approximate surface area is 190 Å². The molecule has 164 valence electrons. The number of nitrogens with one attached hydrogen (secondary N) is 1. The largest absolute Gasteiger partial charge is 0.478 e. The van der Waals surface area contributed by atoms with Crippen LogP contribution in [0.25, 0.3) is 11.1 Å². The number of aromatic carboxylic acids is 1. The van der Waals surface area contributed by atoms with Gasteiger partial charge in [-0.25, -0.2) is 9.78 Å². The minimum atomic E-state index is -1.07. The van der Waals surface area contributed by atoms with Crippen LogP contribution >= 0.6 is 11.6 Å². The Morgan fingerprint density at radius 3 is 2.81 bits per heavy atom. The van der Waals surface area contributed by atoms with Crippen LogP contribution in [0.15, 0.2) is 42.9 Å². The molecule has 0 saturated heterocycles. The van der Waals surface area contributed by atoms with Gasteiger partial charge in [0.2, 0.25) is 5.95 Å². The number of likely N-dealkylation sites (N-methyl/N-ethyl adjacent to an activating group) is 1. The minimum Gasteiger partial charge on any atom is -0.478 e. The molecule has 0 spiro atoms. The topological polar surface area (TPSA) is 124 Å². The summed E-state index contributed by atoms with van der Waals surface area (Å²) in [5.41, 5.74) is 2.23. The Morgan fingerprint density at radius 1 is 1.28 bits per heavy atom. The maximum atomic E-state index is 11.4. The highest BCUT2D eigenvalue weighted by molar-refractivity contribution is 6.31. The molecular formula is C22H21ClN6O3. The number of carboxylic acid groups (broad SMARTS) is 1. The number of rotatable bonds is 9. The Kier molecular flexibility index (Phi) is 7.54. The van der Waals surface area contributed by atoms with Crippen LogP contribution in [-0.2, 0) is 4.74 Å². The zero-order chi connectivity index (χ0) is 23.1. The molecule has 3 aromatic rings. The summed E-state index contributed by atoms with van der Waals surface area (Å²) in [6.45, 7) is 3.56. The van der Waals surface area contributed by atoms with Gasteiger partial charge < -0.3 is 20.1 Å². The second kappa shape index (κ2) is 10.5. The van der Waals surface area contributed by atoms with E-state index in [2.05, 4.69) is 26.3 Å². The number of pyridine rings is 1. The lowest BCUT2D eigenvalue weighted by molar-refractivity contribution is 0.0696. The van der Waals surface area contributed by atoms with Crippen molar-refractivity contribution in [1.82, 2.24) is 15.0 Å². The number of anilines is 3. The van der Waals surface area contributed by atoms with E-state index >= 15 is 0 Å². The summed E-state index contributed by atoms with van der Waals surface area (Å²) in [5.74, 6) is -0.214. The summed E-state index contributed by atoms with van der Waals surface area (Å²) >= 11 is 6.08. The van der Waals surface area contributed by atoms with E-state index < -0.39 is 5.97 Å². The number of benzene rings is 1. The fourth-order valence-corrected chi connectivity index (χ4v) is 3.17. The second-order valence-electron chi connectivity index (χ2n) is 6.78. The number of nitrogens with zero attached hydrogens (tertiary/aromatic N) is 5. The molecule has 0 aliphatic rings. The molecule has 10 heteroatoms. The van der Waals surface area contributed by atoms with Gasteiger partial charge in [0.05, 0.1) is 23.8 Å². The molecule has 0 radical (unpaired) electrons. The van der Waals surface area contributed by atoms with Crippen LogP contribution < -0.4 is 10.2 Å². The van der Waals surface area contributed by atoms with Crippen LogP contribution in [0.5, 0.6) is 0 Å². The van der Waals surface area contributed by atoms with Crippen LogP contribution in [-0.4, -0.2) is 52.8 Å². The lowest BCUT2D eigenvalue weighted by Crippen LogP contribution is -2.24.